The van der Waals surface area contributed by atoms with E-state index >= 15 is 0 Å². The van der Waals surface area contributed by atoms with Crippen molar-refractivity contribution in [2.45, 2.75) is 25.0 Å². The third-order valence-electron chi connectivity index (χ3n) is 2.91. The van der Waals surface area contributed by atoms with E-state index in [-0.39, 0.29) is 17.6 Å². The van der Waals surface area contributed by atoms with E-state index in [4.69, 9.17) is 4.42 Å². The first-order valence-corrected chi connectivity index (χ1v) is 7.97. The number of rotatable bonds is 6. The van der Waals surface area contributed by atoms with Gasteiger partial charge in [-0.3, -0.25) is 4.79 Å². The van der Waals surface area contributed by atoms with E-state index in [0.29, 0.717) is 11.1 Å². The molecule has 0 radical (unpaired) electrons. The second-order valence-electron chi connectivity index (χ2n) is 5.34. The molecule has 2 aromatic rings. The molecule has 1 aromatic carbocycles. The quantitative estimate of drug-likeness (QED) is 0.825. The van der Waals surface area contributed by atoms with Crippen LogP contribution in [0.25, 0.3) is 0 Å². The number of hydrogen-bond donors (Lipinski definition) is 1. The number of nitrogens with one attached hydrogen (secondary N) is 1. The highest BCUT2D eigenvalue weighted by atomic mass is 32.2. The Balaban J connectivity index is 1.84. The molecule has 7 heteroatoms. The van der Waals surface area contributed by atoms with Crippen molar-refractivity contribution >= 4 is 29.0 Å². The van der Waals surface area contributed by atoms with Crippen LogP contribution in [0, 0.1) is 0 Å². The topological polar surface area (TPSA) is 71.3 Å². The molecular weight excluding hydrogens is 300 g/mol. The van der Waals surface area contributed by atoms with Gasteiger partial charge in [-0.25, -0.2) is 0 Å². The van der Waals surface area contributed by atoms with Gasteiger partial charge in [-0.2, -0.15) is 0 Å². The molecule has 0 saturated heterocycles. The van der Waals surface area contributed by atoms with Gasteiger partial charge >= 0.3 is 0 Å². The van der Waals surface area contributed by atoms with Gasteiger partial charge in [-0.1, -0.05) is 25.6 Å². The van der Waals surface area contributed by atoms with Gasteiger partial charge in [0, 0.05) is 31.4 Å². The molecule has 0 aliphatic rings. The Morgan fingerprint density at radius 2 is 1.95 bits per heavy atom. The van der Waals surface area contributed by atoms with Crippen LogP contribution in [-0.4, -0.2) is 36.0 Å². The van der Waals surface area contributed by atoms with E-state index in [1.54, 1.807) is 0 Å². The van der Waals surface area contributed by atoms with Crippen molar-refractivity contribution in [2.24, 2.45) is 0 Å². The largest absolute Gasteiger partial charge is 0.416 e. The monoisotopic (exact) mass is 320 g/mol. The van der Waals surface area contributed by atoms with Crippen LogP contribution in [-0.2, 0) is 4.79 Å². The van der Waals surface area contributed by atoms with Crippen LogP contribution in [0.2, 0.25) is 0 Å². The predicted octanol–water partition coefficient (Wildman–Crippen LogP) is 2.99. The zero-order chi connectivity index (χ0) is 16.1. The molecule has 0 unspecified atom stereocenters. The molecule has 0 fully saturated rings. The summed E-state index contributed by atoms with van der Waals surface area (Å²) in [6, 6.07) is 7.66. The number of benzene rings is 1. The molecule has 1 aromatic heterocycles. The van der Waals surface area contributed by atoms with E-state index in [1.165, 1.54) is 11.8 Å². The molecule has 0 bridgehead atoms. The molecule has 0 aliphatic carbocycles. The predicted molar refractivity (Wildman–Crippen MR) is 88.5 cm³/mol. The first-order valence-electron chi connectivity index (χ1n) is 6.99. The first kappa shape index (κ1) is 16.4. The van der Waals surface area contributed by atoms with Gasteiger partial charge in [0.15, 0.2) is 0 Å². The average molecular weight is 320 g/mol. The number of nitrogens with zero attached hydrogens (tertiary/aromatic N) is 3. The Hall–Kier alpha value is -2.02. The van der Waals surface area contributed by atoms with Crippen molar-refractivity contribution < 1.29 is 9.21 Å². The summed E-state index contributed by atoms with van der Waals surface area (Å²) in [6.07, 6.45) is 0. The number of anilines is 2. The van der Waals surface area contributed by atoms with Crippen molar-refractivity contribution in [3.05, 3.63) is 30.2 Å². The van der Waals surface area contributed by atoms with E-state index < -0.39 is 0 Å². The highest BCUT2D eigenvalue weighted by Gasteiger charge is 2.12. The highest BCUT2D eigenvalue weighted by molar-refractivity contribution is 7.99. The summed E-state index contributed by atoms with van der Waals surface area (Å²) < 4.78 is 5.44. The maximum absolute atomic E-state index is 11.9. The molecule has 0 saturated carbocycles. The van der Waals surface area contributed by atoms with E-state index in [9.17, 15) is 4.79 Å². The third-order valence-corrected chi connectivity index (χ3v) is 3.73. The van der Waals surface area contributed by atoms with E-state index in [1.807, 2.05) is 57.1 Å². The zero-order valence-electron chi connectivity index (χ0n) is 13.2. The minimum Gasteiger partial charge on any atom is -0.416 e. The van der Waals surface area contributed by atoms with Crippen molar-refractivity contribution in [3.63, 3.8) is 0 Å². The fourth-order valence-electron chi connectivity index (χ4n) is 1.68. The van der Waals surface area contributed by atoms with Crippen LogP contribution in [0.1, 0.15) is 25.7 Å². The van der Waals surface area contributed by atoms with Crippen LogP contribution < -0.4 is 10.2 Å². The number of amides is 1. The Bertz CT molecular complexity index is 623. The summed E-state index contributed by atoms with van der Waals surface area (Å²) in [5, 5.41) is 11.1. The molecule has 0 atom stereocenters. The van der Waals surface area contributed by atoms with Gasteiger partial charge in [0.25, 0.3) is 5.22 Å². The molecule has 0 spiro atoms. The standard InChI is InChI=1S/C15H20N4O2S/c1-10(2)14-17-18-15(21-14)22-9-13(20)16-11-5-7-12(8-6-11)19(3)4/h5-8,10H,9H2,1-4H3,(H,16,20). The normalized spacial score (nSPS) is 10.8. The number of carbonyl (C=O) groups excluding carboxylic acids is 1. The minimum atomic E-state index is -0.105. The van der Waals surface area contributed by atoms with Crippen molar-refractivity contribution in [1.29, 1.82) is 0 Å². The minimum absolute atomic E-state index is 0.105. The van der Waals surface area contributed by atoms with Gasteiger partial charge in [-0.05, 0) is 24.3 Å². The van der Waals surface area contributed by atoms with E-state index in [2.05, 4.69) is 15.5 Å². The second-order valence-corrected chi connectivity index (χ2v) is 6.27. The molecule has 2 rings (SSSR count). The molecule has 6 nitrogen and oxygen atoms in total. The molecular formula is C15H20N4O2S. The molecule has 1 amide bonds. The fourth-order valence-corrected chi connectivity index (χ4v) is 2.25. The lowest BCUT2D eigenvalue weighted by molar-refractivity contribution is -0.113. The molecule has 0 aliphatic heterocycles. The Kier molecular flexibility index (Phi) is 5.43. The lowest BCUT2D eigenvalue weighted by Gasteiger charge is -2.12. The number of thioether (sulfide) groups is 1. The number of aromatic nitrogens is 2. The summed E-state index contributed by atoms with van der Waals surface area (Å²) in [5.74, 6) is 0.898. The smallest absolute Gasteiger partial charge is 0.277 e. The molecule has 118 valence electrons. The van der Waals surface area contributed by atoms with Crippen molar-refractivity contribution in [1.82, 2.24) is 10.2 Å². The number of hydrogen-bond acceptors (Lipinski definition) is 6. The average Bonchev–Trinajstić information content (AvgIpc) is 2.95. The van der Waals surface area contributed by atoms with Gasteiger partial charge < -0.3 is 14.6 Å². The van der Waals surface area contributed by atoms with Gasteiger partial charge in [0.2, 0.25) is 11.8 Å². The summed E-state index contributed by atoms with van der Waals surface area (Å²) in [4.78, 5) is 13.9. The zero-order valence-corrected chi connectivity index (χ0v) is 14.0. The van der Waals surface area contributed by atoms with Crippen LogP contribution in [0.3, 0.4) is 0 Å². The molecule has 1 heterocycles. The van der Waals surface area contributed by atoms with Crippen LogP contribution in [0.5, 0.6) is 0 Å². The molecule has 1 N–H and O–H groups in total. The number of carbonyl (C=O) groups is 1. The SMILES string of the molecule is CC(C)c1nnc(SCC(=O)Nc2ccc(N(C)C)cc2)o1. The maximum Gasteiger partial charge on any atom is 0.277 e. The summed E-state index contributed by atoms with van der Waals surface area (Å²) in [5.41, 5.74) is 1.85. The Labute approximate surface area is 134 Å². The lowest BCUT2D eigenvalue weighted by atomic mass is 10.2. The fraction of sp³-hybridized carbons (Fsp3) is 0.400. The van der Waals surface area contributed by atoms with E-state index in [0.717, 1.165) is 11.4 Å². The summed E-state index contributed by atoms with van der Waals surface area (Å²) in [7, 11) is 3.94. The van der Waals surface area contributed by atoms with Crippen LogP contribution >= 0.6 is 11.8 Å². The van der Waals surface area contributed by atoms with Crippen molar-refractivity contribution in [2.75, 3.05) is 30.1 Å². The molecule has 22 heavy (non-hydrogen) atoms. The lowest BCUT2D eigenvalue weighted by Crippen LogP contribution is -2.14. The first-order chi connectivity index (χ1) is 10.5. The third kappa shape index (κ3) is 4.49. The Morgan fingerprint density at radius 1 is 1.27 bits per heavy atom. The second kappa shape index (κ2) is 7.31. The summed E-state index contributed by atoms with van der Waals surface area (Å²) >= 11 is 1.23. The Morgan fingerprint density at radius 3 is 2.50 bits per heavy atom. The van der Waals surface area contributed by atoms with Crippen LogP contribution in [0.15, 0.2) is 33.9 Å². The van der Waals surface area contributed by atoms with Crippen LogP contribution in [0.4, 0.5) is 11.4 Å². The van der Waals surface area contributed by atoms with Gasteiger partial charge in [-0.15, -0.1) is 10.2 Å². The summed E-state index contributed by atoms with van der Waals surface area (Å²) in [6.45, 7) is 3.96. The van der Waals surface area contributed by atoms with Gasteiger partial charge in [0.05, 0.1) is 5.75 Å². The van der Waals surface area contributed by atoms with Gasteiger partial charge in [0.1, 0.15) is 0 Å². The highest BCUT2D eigenvalue weighted by Crippen LogP contribution is 2.21. The maximum atomic E-state index is 11.9. The van der Waals surface area contributed by atoms with Crippen molar-refractivity contribution in [3.8, 4) is 0 Å².